The Morgan fingerprint density at radius 3 is 1.77 bits per heavy atom. The molecule has 0 aliphatic carbocycles. The summed E-state index contributed by atoms with van der Waals surface area (Å²) in [5.41, 5.74) is 1.13. The Kier molecular flexibility index (Phi) is 11.5. The molecule has 192 valence electrons. The summed E-state index contributed by atoms with van der Waals surface area (Å²) in [6.45, 7) is 0. The molecule has 3 aromatic rings. The van der Waals surface area contributed by atoms with Gasteiger partial charge < -0.3 is 14.2 Å². The SMILES string of the molecule is O=C1NN(c2ccc(S(=O)(=O)[O-])cc2)C(=O)/C1=C\C=C\c1c(O)n(-c2ccc(S(=O)(=O)[O-])cc2)[nH]c1=O.[K+].[K+]. The fourth-order valence-corrected chi connectivity index (χ4v) is 4.24. The number of anilines is 1. The molecule has 1 saturated heterocycles. The Labute approximate surface area is 306 Å². The average molecular weight is 625 g/mol. The second-order valence-electron chi connectivity index (χ2n) is 7.43. The van der Waals surface area contributed by atoms with E-state index in [2.05, 4.69) is 10.5 Å². The molecule has 39 heavy (non-hydrogen) atoms. The van der Waals surface area contributed by atoms with Gasteiger partial charge in [0.15, 0.2) is 0 Å². The number of aromatic nitrogens is 2. The van der Waals surface area contributed by atoms with Gasteiger partial charge in [0.25, 0.3) is 17.4 Å². The van der Waals surface area contributed by atoms with Crippen LogP contribution in [0.1, 0.15) is 5.56 Å². The molecule has 2 aromatic carbocycles. The van der Waals surface area contributed by atoms with Crippen LogP contribution in [0.3, 0.4) is 0 Å². The van der Waals surface area contributed by atoms with Gasteiger partial charge in [-0.1, -0.05) is 6.08 Å². The fourth-order valence-electron chi connectivity index (χ4n) is 3.30. The Hall–Kier alpha value is -1.24. The van der Waals surface area contributed by atoms with Crippen LogP contribution in [0, 0.1) is 0 Å². The fraction of sp³-hybridized carbons (Fsp3) is 0. The second kappa shape index (κ2) is 13.2. The predicted molar refractivity (Wildman–Crippen MR) is 123 cm³/mol. The van der Waals surface area contributed by atoms with Crippen LogP contribution >= 0.6 is 0 Å². The van der Waals surface area contributed by atoms with E-state index in [-0.39, 0.29) is 125 Å². The van der Waals surface area contributed by atoms with Crippen molar-refractivity contribution in [1.29, 1.82) is 0 Å². The zero-order valence-corrected chi connectivity index (χ0v) is 28.1. The minimum absolute atomic E-state index is 0. The van der Waals surface area contributed by atoms with Crippen LogP contribution in [0.5, 0.6) is 5.88 Å². The normalized spacial score (nSPS) is 14.8. The third-order valence-electron chi connectivity index (χ3n) is 5.10. The number of aromatic amines is 1. The Bertz CT molecular complexity index is 1760. The number of aromatic hydroxyl groups is 1. The molecule has 0 bridgehead atoms. The number of nitrogens with one attached hydrogen (secondary N) is 2. The largest absolute Gasteiger partial charge is 1.00 e. The van der Waals surface area contributed by atoms with Gasteiger partial charge in [0.1, 0.15) is 31.4 Å². The van der Waals surface area contributed by atoms with E-state index in [0.29, 0.717) is 0 Å². The van der Waals surface area contributed by atoms with Crippen LogP contribution in [0.15, 0.2) is 80.8 Å². The van der Waals surface area contributed by atoms with Crippen molar-refractivity contribution in [3.05, 3.63) is 82.2 Å². The molecular formula is C21H14K2N4O10S2. The molecule has 3 N–H and O–H groups in total. The molecule has 0 unspecified atom stereocenters. The van der Waals surface area contributed by atoms with Crippen molar-refractivity contribution in [1.82, 2.24) is 15.2 Å². The summed E-state index contributed by atoms with van der Waals surface area (Å²) in [6, 6.07) is 8.63. The first-order valence-electron chi connectivity index (χ1n) is 9.97. The number of hydrogen-bond donors (Lipinski definition) is 3. The maximum atomic E-state index is 12.6. The summed E-state index contributed by atoms with van der Waals surface area (Å²) >= 11 is 0. The molecular weight excluding hydrogens is 611 g/mol. The van der Waals surface area contributed by atoms with Crippen molar-refractivity contribution in [3.8, 4) is 11.6 Å². The van der Waals surface area contributed by atoms with E-state index >= 15 is 0 Å². The van der Waals surface area contributed by atoms with Gasteiger partial charge in [0, 0.05) is 0 Å². The number of hydrazine groups is 1. The number of carbonyl (C=O) groups is 2. The molecule has 14 nitrogen and oxygen atoms in total. The molecule has 2 heterocycles. The maximum absolute atomic E-state index is 12.6. The Morgan fingerprint density at radius 1 is 0.795 bits per heavy atom. The summed E-state index contributed by atoms with van der Waals surface area (Å²) in [6.07, 6.45) is 3.36. The average Bonchev–Trinajstić information content (AvgIpc) is 3.28. The van der Waals surface area contributed by atoms with Gasteiger partial charge >= 0.3 is 103 Å². The quantitative estimate of drug-likeness (QED) is 0.102. The summed E-state index contributed by atoms with van der Waals surface area (Å²) < 4.78 is 67.2. The monoisotopic (exact) mass is 624 g/mol. The minimum atomic E-state index is -4.70. The third-order valence-corrected chi connectivity index (χ3v) is 6.79. The first-order chi connectivity index (χ1) is 17.3. The number of nitrogens with zero attached hydrogens (tertiary/aromatic N) is 2. The molecule has 0 spiro atoms. The zero-order valence-electron chi connectivity index (χ0n) is 20.2. The van der Waals surface area contributed by atoms with Crippen LogP contribution in [0.2, 0.25) is 0 Å². The summed E-state index contributed by atoms with van der Waals surface area (Å²) in [5, 5.41) is 13.6. The molecule has 1 aliphatic rings. The van der Waals surface area contributed by atoms with Gasteiger partial charge in [0.2, 0.25) is 5.88 Å². The number of rotatable bonds is 6. The van der Waals surface area contributed by atoms with Crippen LogP contribution in [0.4, 0.5) is 5.69 Å². The summed E-state index contributed by atoms with van der Waals surface area (Å²) in [5.74, 6) is -2.19. The molecule has 2 amide bonds. The van der Waals surface area contributed by atoms with Crippen LogP contribution in [-0.2, 0) is 29.8 Å². The van der Waals surface area contributed by atoms with E-state index in [1.165, 1.54) is 12.1 Å². The van der Waals surface area contributed by atoms with Gasteiger partial charge in [-0.2, -0.15) is 0 Å². The first kappa shape index (κ1) is 34.0. The van der Waals surface area contributed by atoms with Gasteiger partial charge in [-0.3, -0.25) is 24.9 Å². The van der Waals surface area contributed by atoms with Crippen molar-refractivity contribution in [2.75, 3.05) is 5.01 Å². The van der Waals surface area contributed by atoms with Crippen molar-refractivity contribution >= 4 is 43.8 Å². The van der Waals surface area contributed by atoms with Crippen molar-refractivity contribution in [3.63, 3.8) is 0 Å². The van der Waals surface area contributed by atoms with E-state index < -0.39 is 53.3 Å². The van der Waals surface area contributed by atoms with E-state index in [9.17, 15) is 45.4 Å². The van der Waals surface area contributed by atoms with Gasteiger partial charge in [-0.05, 0) is 60.7 Å². The van der Waals surface area contributed by atoms with E-state index in [4.69, 9.17) is 0 Å². The standard InChI is InChI=1S/C21H16N4O10S2.2K/c26-18-16(20(28)24(22-18)12-4-8-14(9-5-12)36(30,31)32)2-1-3-17-19(27)23-25(21(17)29)13-6-10-15(11-7-13)37(33,34)35;;/h1-11,28H,(H,22,26)(H,23,27)(H,30,31,32)(H,33,34,35);;/q;2*+1/p-2/b2-1+,17-3-;;. The molecule has 0 atom stereocenters. The van der Waals surface area contributed by atoms with Gasteiger partial charge in [-0.25, -0.2) is 26.5 Å². The predicted octanol–water partition coefficient (Wildman–Crippen LogP) is -6.29. The number of carbonyl (C=O) groups excluding carboxylic acids is 2. The summed E-state index contributed by atoms with van der Waals surface area (Å²) in [4.78, 5) is 36.1. The van der Waals surface area contributed by atoms with Crippen molar-refractivity contribution in [2.24, 2.45) is 0 Å². The van der Waals surface area contributed by atoms with Crippen molar-refractivity contribution in [2.45, 2.75) is 9.79 Å². The topological polar surface area (TPSA) is 222 Å². The van der Waals surface area contributed by atoms with E-state index in [0.717, 1.165) is 64.3 Å². The van der Waals surface area contributed by atoms with Gasteiger partial charge in [0.05, 0.1) is 21.2 Å². The third kappa shape index (κ3) is 7.54. The number of allylic oxidation sites excluding steroid dienone is 2. The molecule has 1 fully saturated rings. The Balaban J connectivity index is 0.00000267. The minimum Gasteiger partial charge on any atom is -0.744 e. The number of hydrogen-bond acceptors (Lipinski definition) is 10. The molecule has 0 radical (unpaired) electrons. The van der Waals surface area contributed by atoms with Crippen LogP contribution < -0.4 is 119 Å². The van der Waals surface area contributed by atoms with Crippen LogP contribution in [0.25, 0.3) is 11.8 Å². The Morgan fingerprint density at radius 2 is 1.28 bits per heavy atom. The molecule has 1 aromatic heterocycles. The maximum Gasteiger partial charge on any atom is 1.00 e. The van der Waals surface area contributed by atoms with Gasteiger partial charge in [-0.15, -0.1) is 0 Å². The van der Waals surface area contributed by atoms with E-state index in [1.807, 2.05) is 0 Å². The van der Waals surface area contributed by atoms with Crippen molar-refractivity contribution < 1.29 is 143 Å². The molecule has 0 saturated carbocycles. The summed E-state index contributed by atoms with van der Waals surface area (Å²) in [7, 11) is -9.38. The molecule has 4 rings (SSSR count). The zero-order chi connectivity index (χ0) is 27.1. The number of benzene rings is 2. The first-order valence-corrected chi connectivity index (χ1v) is 12.8. The van der Waals surface area contributed by atoms with E-state index in [1.54, 1.807) is 0 Å². The smallest absolute Gasteiger partial charge is 0.744 e. The molecule has 18 heteroatoms. The second-order valence-corrected chi connectivity index (χ2v) is 10.2. The number of amides is 2. The molecule has 1 aliphatic heterocycles. The number of H-pyrrole nitrogens is 1. The van der Waals surface area contributed by atoms with Crippen LogP contribution in [-0.4, -0.2) is 52.6 Å².